The maximum absolute atomic E-state index is 6.30. The zero-order chi connectivity index (χ0) is 29.3. The molecular formula is C32H20Cl4N6. The van der Waals surface area contributed by atoms with Gasteiger partial charge in [0.25, 0.3) is 0 Å². The average Bonchev–Trinajstić information content (AvgIpc) is 3.00. The Morgan fingerprint density at radius 1 is 0.357 bits per heavy atom. The van der Waals surface area contributed by atoms with Crippen LogP contribution in [-0.4, -0.2) is 29.9 Å². The van der Waals surface area contributed by atoms with Crippen molar-refractivity contribution in [3.05, 3.63) is 139 Å². The van der Waals surface area contributed by atoms with E-state index < -0.39 is 0 Å². The molecule has 0 unspecified atom stereocenters. The Morgan fingerprint density at radius 3 is 0.810 bits per heavy atom. The number of aromatic nitrogens is 6. The lowest BCUT2D eigenvalue weighted by atomic mass is 10.1. The molecule has 5 aromatic rings. The molecule has 5 rings (SSSR count). The van der Waals surface area contributed by atoms with E-state index in [1.54, 1.807) is 24.8 Å². The fourth-order valence-electron chi connectivity index (χ4n) is 3.75. The van der Waals surface area contributed by atoms with Crippen LogP contribution >= 0.6 is 46.4 Å². The van der Waals surface area contributed by atoms with E-state index in [9.17, 15) is 0 Å². The van der Waals surface area contributed by atoms with Crippen molar-refractivity contribution in [2.24, 2.45) is 0 Å². The van der Waals surface area contributed by atoms with Gasteiger partial charge in [0.1, 0.15) is 20.6 Å². The van der Waals surface area contributed by atoms with Gasteiger partial charge in [-0.25, -0.2) is 29.9 Å². The Hall–Kier alpha value is -4.20. The van der Waals surface area contributed by atoms with Crippen LogP contribution in [0.1, 0.15) is 45.0 Å². The van der Waals surface area contributed by atoms with Crippen molar-refractivity contribution in [2.75, 3.05) is 0 Å². The van der Waals surface area contributed by atoms with Gasteiger partial charge in [0.15, 0.2) is 0 Å². The lowest BCUT2D eigenvalue weighted by molar-refractivity contribution is 1.12. The first-order valence-corrected chi connectivity index (χ1v) is 14.1. The Labute approximate surface area is 262 Å². The molecule has 0 atom stereocenters. The first-order valence-electron chi connectivity index (χ1n) is 12.5. The summed E-state index contributed by atoms with van der Waals surface area (Å²) in [6.07, 6.45) is 21.2. The zero-order valence-corrected chi connectivity index (χ0v) is 24.8. The van der Waals surface area contributed by atoms with Crippen molar-refractivity contribution in [3.63, 3.8) is 0 Å². The molecule has 6 nitrogen and oxygen atoms in total. The Balaban J connectivity index is 1.66. The molecule has 0 saturated carbocycles. The van der Waals surface area contributed by atoms with Gasteiger partial charge in [0, 0.05) is 47.0 Å². The number of hydrogen-bond donors (Lipinski definition) is 0. The van der Waals surface area contributed by atoms with Crippen LogP contribution in [0.3, 0.4) is 0 Å². The second-order valence-corrected chi connectivity index (χ2v) is 10.1. The van der Waals surface area contributed by atoms with Gasteiger partial charge in [0.05, 0.1) is 22.8 Å². The zero-order valence-electron chi connectivity index (χ0n) is 21.7. The number of hydrogen-bond acceptors (Lipinski definition) is 6. The fourth-order valence-corrected chi connectivity index (χ4v) is 4.47. The minimum absolute atomic E-state index is 0.375. The van der Waals surface area contributed by atoms with Crippen LogP contribution in [0.15, 0.2) is 73.3 Å². The third-order valence-corrected chi connectivity index (χ3v) is 7.10. The van der Waals surface area contributed by atoms with E-state index in [0.717, 1.165) is 22.3 Å². The largest absolute Gasteiger partial charge is 0.245 e. The van der Waals surface area contributed by atoms with Crippen LogP contribution < -0.4 is 0 Å². The lowest BCUT2D eigenvalue weighted by Gasteiger charge is -2.08. The van der Waals surface area contributed by atoms with Gasteiger partial charge in [0.2, 0.25) is 0 Å². The number of nitrogens with zero attached hydrogens (tertiary/aromatic N) is 6. The molecule has 0 aliphatic heterocycles. The van der Waals surface area contributed by atoms with E-state index in [2.05, 4.69) is 19.9 Å². The highest BCUT2D eigenvalue weighted by Crippen LogP contribution is 2.24. The normalized spacial score (nSPS) is 11.9. The summed E-state index contributed by atoms with van der Waals surface area (Å²) in [4.78, 5) is 26.5. The molecule has 5 heterocycles. The van der Waals surface area contributed by atoms with Gasteiger partial charge < -0.3 is 0 Å². The third kappa shape index (κ3) is 7.55. The first kappa shape index (κ1) is 29.3. The van der Waals surface area contributed by atoms with Gasteiger partial charge in [-0.1, -0.05) is 70.7 Å². The average molecular weight is 630 g/mol. The number of pyridine rings is 4. The summed E-state index contributed by atoms with van der Waals surface area (Å²) < 4.78 is 0. The summed E-state index contributed by atoms with van der Waals surface area (Å²) in [5.41, 5.74) is 5.28. The van der Waals surface area contributed by atoms with Crippen molar-refractivity contribution < 1.29 is 0 Å². The van der Waals surface area contributed by atoms with Crippen LogP contribution in [0.4, 0.5) is 0 Å². The molecule has 206 valence electrons. The molecule has 0 N–H and O–H groups in total. The van der Waals surface area contributed by atoms with Crippen LogP contribution in [0.25, 0.3) is 48.6 Å². The second kappa shape index (κ2) is 14.1. The van der Waals surface area contributed by atoms with Crippen molar-refractivity contribution in [1.82, 2.24) is 29.9 Å². The van der Waals surface area contributed by atoms with Crippen LogP contribution in [0.2, 0.25) is 20.6 Å². The molecule has 0 fully saturated rings. The van der Waals surface area contributed by atoms with E-state index in [1.165, 1.54) is 0 Å². The minimum atomic E-state index is 0.375. The van der Waals surface area contributed by atoms with Crippen molar-refractivity contribution in [1.29, 1.82) is 0 Å². The van der Waals surface area contributed by atoms with Gasteiger partial charge >= 0.3 is 0 Å². The summed E-state index contributed by atoms with van der Waals surface area (Å²) in [6.45, 7) is 0. The van der Waals surface area contributed by atoms with Crippen molar-refractivity contribution >= 4 is 95.0 Å². The third-order valence-electron chi connectivity index (χ3n) is 5.84. The fraction of sp³-hybridized carbons (Fsp3) is 0. The maximum atomic E-state index is 6.30. The Bertz CT molecular complexity index is 1590. The van der Waals surface area contributed by atoms with E-state index >= 15 is 0 Å². The van der Waals surface area contributed by atoms with Crippen LogP contribution in [0.5, 0.6) is 0 Å². The molecule has 0 aliphatic carbocycles. The molecule has 42 heavy (non-hydrogen) atoms. The molecule has 0 saturated heterocycles. The van der Waals surface area contributed by atoms with Crippen molar-refractivity contribution in [3.8, 4) is 0 Å². The van der Waals surface area contributed by atoms with E-state index in [1.807, 2.05) is 97.1 Å². The molecule has 0 aliphatic rings. The molecule has 0 amide bonds. The SMILES string of the molecule is Clc1ncccc1C=Cc1nc(C=Cc2cccnc2Cl)c(C=Cc2cccnc2Cl)nc1C=Cc1cccnc1Cl. The van der Waals surface area contributed by atoms with Gasteiger partial charge in [-0.2, -0.15) is 0 Å². The number of halogens is 4. The second-order valence-electron chi connectivity index (χ2n) is 8.63. The monoisotopic (exact) mass is 628 g/mol. The van der Waals surface area contributed by atoms with Crippen LogP contribution in [-0.2, 0) is 0 Å². The smallest absolute Gasteiger partial charge is 0.136 e. The Kier molecular flexibility index (Phi) is 9.85. The quantitative estimate of drug-likeness (QED) is 0.159. The summed E-state index contributed by atoms with van der Waals surface area (Å²) in [5.74, 6) is 0. The predicted octanol–water partition coefficient (Wildman–Crippen LogP) is 9.35. The minimum Gasteiger partial charge on any atom is -0.245 e. The summed E-state index contributed by atoms with van der Waals surface area (Å²) in [7, 11) is 0. The topological polar surface area (TPSA) is 77.3 Å². The lowest BCUT2D eigenvalue weighted by Crippen LogP contribution is -2.00. The molecule has 0 bridgehead atoms. The molecule has 0 spiro atoms. The van der Waals surface area contributed by atoms with E-state index in [0.29, 0.717) is 43.4 Å². The first-order chi connectivity index (χ1) is 20.5. The van der Waals surface area contributed by atoms with Gasteiger partial charge in [-0.3, -0.25) is 0 Å². The predicted molar refractivity (Wildman–Crippen MR) is 175 cm³/mol. The summed E-state index contributed by atoms with van der Waals surface area (Å²) >= 11 is 25.2. The highest BCUT2D eigenvalue weighted by atomic mass is 35.5. The molecular weight excluding hydrogens is 610 g/mol. The van der Waals surface area contributed by atoms with Gasteiger partial charge in [-0.05, 0) is 72.9 Å². The van der Waals surface area contributed by atoms with E-state index in [-0.39, 0.29) is 0 Å². The summed E-state index contributed by atoms with van der Waals surface area (Å²) in [6, 6.07) is 14.7. The summed E-state index contributed by atoms with van der Waals surface area (Å²) in [5, 5.41) is 1.50. The van der Waals surface area contributed by atoms with Crippen LogP contribution in [0, 0.1) is 0 Å². The molecule has 0 radical (unpaired) electrons. The standard InChI is InChI=1S/C32H20Cl4N6/c33-29-21(5-1-17-37-29)9-13-25-26(14-10-22-6-2-18-38-30(22)34)42-28(16-12-24-8-4-20-40-32(24)36)27(41-25)15-11-23-7-3-19-39-31(23)35/h1-20H. The maximum Gasteiger partial charge on any atom is 0.136 e. The van der Waals surface area contributed by atoms with Crippen molar-refractivity contribution in [2.45, 2.75) is 0 Å². The Morgan fingerprint density at radius 2 is 0.595 bits per heavy atom. The highest BCUT2D eigenvalue weighted by molar-refractivity contribution is 6.32. The highest BCUT2D eigenvalue weighted by Gasteiger charge is 2.10. The van der Waals surface area contributed by atoms with Gasteiger partial charge in [-0.15, -0.1) is 0 Å². The van der Waals surface area contributed by atoms with E-state index in [4.69, 9.17) is 56.4 Å². The molecule has 0 aromatic carbocycles. The molecule has 10 heteroatoms. The number of rotatable bonds is 8. The molecule has 5 aromatic heterocycles.